The van der Waals surface area contributed by atoms with Crippen LogP contribution in [0.15, 0.2) is 54.3 Å². The van der Waals surface area contributed by atoms with E-state index in [9.17, 15) is 0 Å². The largest absolute Gasteiger partial charge is 0.355 e. The van der Waals surface area contributed by atoms with Gasteiger partial charge in [-0.3, -0.25) is 4.99 Å². The number of aromatic nitrogens is 5. The van der Waals surface area contributed by atoms with E-state index in [1.54, 1.807) is 25.9 Å². The molecule has 2 N–H and O–H groups in total. The van der Waals surface area contributed by atoms with Crippen LogP contribution in [0.25, 0.3) is 5.69 Å². The van der Waals surface area contributed by atoms with E-state index in [1.807, 2.05) is 22.9 Å². The van der Waals surface area contributed by atoms with E-state index in [0.29, 0.717) is 6.54 Å². The van der Waals surface area contributed by atoms with E-state index >= 15 is 0 Å². The van der Waals surface area contributed by atoms with E-state index in [1.165, 1.54) is 5.56 Å². The first-order valence-electron chi connectivity index (χ1n) is 8.69. The van der Waals surface area contributed by atoms with Crippen LogP contribution in [-0.4, -0.2) is 43.9 Å². The number of nitrogens with zero attached hydrogens (tertiary/aromatic N) is 6. The highest BCUT2D eigenvalue weighted by Crippen LogP contribution is 2.13. The molecule has 2 aromatic heterocycles. The predicted octanol–water partition coefficient (Wildman–Crippen LogP) is 1.39. The molecule has 136 valence electrons. The number of aliphatic imine (C=N–C) groups is 1. The third kappa shape index (κ3) is 4.27. The van der Waals surface area contributed by atoms with Gasteiger partial charge in [-0.1, -0.05) is 25.1 Å². The maximum Gasteiger partial charge on any atom is 0.191 e. The minimum Gasteiger partial charge on any atom is -0.355 e. The van der Waals surface area contributed by atoms with Gasteiger partial charge in [0.25, 0.3) is 0 Å². The SMILES string of the molecule is CCc1nncn1CCNC(=NC)NCc1ccccc1-n1ccnc1. The fourth-order valence-electron chi connectivity index (χ4n) is 2.75. The summed E-state index contributed by atoms with van der Waals surface area (Å²) >= 11 is 0. The van der Waals surface area contributed by atoms with E-state index in [2.05, 4.69) is 54.4 Å². The van der Waals surface area contributed by atoms with Crippen molar-refractivity contribution in [2.75, 3.05) is 13.6 Å². The summed E-state index contributed by atoms with van der Waals surface area (Å²) in [6, 6.07) is 8.23. The molecule has 3 rings (SSSR count). The molecule has 0 saturated carbocycles. The minimum atomic E-state index is 0.668. The summed E-state index contributed by atoms with van der Waals surface area (Å²) < 4.78 is 4.06. The number of nitrogens with one attached hydrogen (secondary N) is 2. The van der Waals surface area contributed by atoms with E-state index in [4.69, 9.17) is 0 Å². The van der Waals surface area contributed by atoms with Crippen LogP contribution in [0.5, 0.6) is 0 Å². The summed E-state index contributed by atoms with van der Waals surface area (Å²) in [6.45, 7) is 4.28. The lowest BCUT2D eigenvalue weighted by atomic mass is 10.1. The van der Waals surface area contributed by atoms with Gasteiger partial charge in [0, 0.05) is 45.5 Å². The van der Waals surface area contributed by atoms with Gasteiger partial charge in [0.1, 0.15) is 12.2 Å². The van der Waals surface area contributed by atoms with Crippen LogP contribution in [0.2, 0.25) is 0 Å². The average molecular weight is 352 g/mol. The summed E-state index contributed by atoms with van der Waals surface area (Å²) in [7, 11) is 1.77. The second-order valence-corrected chi connectivity index (χ2v) is 5.75. The summed E-state index contributed by atoms with van der Waals surface area (Å²) in [4.78, 5) is 8.42. The number of rotatable bonds is 7. The standard InChI is InChI=1S/C18H24N8/c1-3-17-24-23-14-26(17)11-9-21-18(19-2)22-12-15-6-4-5-7-16(15)25-10-8-20-13-25/h4-8,10,13-14H,3,9,11-12H2,1-2H3,(H2,19,21,22). The molecule has 0 aliphatic carbocycles. The molecule has 0 atom stereocenters. The molecule has 2 heterocycles. The van der Waals surface area contributed by atoms with E-state index < -0.39 is 0 Å². The van der Waals surface area contributed by atoms with Crippen molar-refractivity contribution < 1.29 is 0 Å². The van der Waals surface area contributed by atoms with Gasteiger partial charge in [0.05, 0.1) is 12.0 Å². The summed E-state index contributed by atoms with van der Waals surface area (Å²) in [5.74, 6) is 1.75. The Morgan fingerprint density at radius 3 is 2.85 bits per heavy atom. The first kappa shape index (κ1) is 17.7. The normalized spacial score (nSPS) is 11.5. The minimum absolute atomic E-state index is 0.668. The highest BCUT2D eigenvalue weighted by molar-refractivity contribution is 5.79. The van der Waals surface area contributed by atoms with Crippen LogP contribution in [0.3, 0.4) is 0 Å². The number of benzene rings is 1. The maximum absolute atomic E-state index is 4.29. The van der Waals surface area contributed by atoms with Crippen molar-refractivity contribution in [1.82, 2.24) is 34.9 Å². The Bertz CT molecular complexity index is 835. The van der Waals surface area contributed by atoms with Crippen LogP contribution in [0, 0.1) is 0 Å². The first-order chi connectivity index (χ1) is 12.8. The molecule has 8 nitrogen and oxygen atoms in total. The molecule has 1 aromatic carbocycles. The van der Waals surface area contributed by atoms with Gasteiger partial charge in [-0.2, -0.15) is 0 Å². The molecule has 0 unspecified atom stereocenters. The second-order valence-electron chi connectivity index (χ2n) is 5.75. The molecule has 0 radical (unpaired) electrons. The predicted molar refractivity (Wildman–Crippen MR) is 101 cm³/mol. The Morgan fingerprint density at radius 2 is 2.08 bits per heavy atom. The number of imidazole rings is 1. The van der Waals surface area contributed by atoms with Crippen LogP contribution < -0.4 is 10.6 Å². The lowest BCUT2D eigenvalue weighted by molar-refractivity contribution is 0.632. The molecular formula is C18H24N8. The first-order valence-corrected chi connectivity index (χ1v) is 8.69. The molecule has 0 fully saturated rings. The Kier molecular flexibility index (Phi) is 5.97. The Hall–Kier alpha value is -3.16. The molecule has 0 aliphatic rings. The van der Waals surface area contributed by atoms with Gasteiger partial charge >= 0.3 is 0 Å². The highest BCUT2D eigenvalue weighted by atomic mass is 15.3. The fraction of sp³-hybridized carbons (Fsp3) is 0.333. The third-order valence-corrected chi connectivity index (χ3v) is 4.10. The van der Waals surface area contributed by atoms with Crippen molar-refractivity contribution in [3.8, 4) is 5.69 Å². The van der Waals surface area contributed by atoms with Crippen molar-refractivity contribution in [1.29, 1.82) is 0 Å². The summed E-state index contributed by atoms with van der Waals surface area (Å²) in [5.41, 5.74) is 2.27. The summed E-state index contributed by atoms with van der Waals surface area (Å²) in [5, 5.41) is 14.7. The van der Waals surface area contributed by atoms with Crippen molar-refractivity contribution >= 4 is 5.96 Å². The number of guanidine groups is 1. The molecule has 0 aliphatic heterocycles. The molecule has 0 amide bonds. The highest BCUT2D eigenvalue weighted by Gasteiger charge is 2.06. The Labute approximate surface area is 153 Å². The molecule has 3 aromatic rings. The molecular weight excluding hydrogens is 328 g/mol. The van der Waals surface area contributed by atoms with Crippen molar-refractivity contribution in [3.05, 3.63) is 60.7 Å². The number of hydrogen-bond acceptors (Lipinski definition) is 4. The Balaban J connectivity index is 1.55. The number of hydrogen-bond donors (Lipinski definition) is 2. The van der Waals surface area contributed by atoms with Gasteiger partial charge in [0.15, 0.2) is 5.96 Å². The van der Waals surface area contributed by atoms with Crippen LogP contribution in [0.4, 0.5) is 0 Å². The molecule has 0 spiro atoms. The van der Waals surface area contributed by atoms with Gasteiger partial charge in [-0.05, 0) is 11.6 Å². The average Bonchev–Trinajstić information content (AvgIpc) is 3.36. The molecule has 8 heteroatoms. The molecule has 26 heavy (non-hydrogen) atoms. The Morgan fingerprint density at radius 1 is 1.19 bits per heavy atom. The van der Waals surface area contributed by atoms with E-state index in [0.717, 1.165) is 37.0 Å². The van der Waals surface area contributed by atoms with Gasteiger partial charge in [-0.25, -0.2) is 4.98 Å². The molecule has 0 saturated heterocycles. The lowest BCUT2D eigenvalue weighted by Crippen LogP contribution is -2.38. The zero-order valence-corrected chi connectivity index (χ0v) is 15.1. The van der Waals surface area contributed by atoms with Crippen LogP contribution in [0.1, 0.15) is 18.3 Å². The smallest absolute Gasteiger partial charge is 0.191 e. The number of aryl methyl sites for hydroxylation is 1. The second kappa shape index (κ2) is 8.80. The topological polar surface area (TPSA) is 85.0 Å². The van der Waals surface area contributed by atoms with Crippen LogP contribution >= 0.6 is 0 Å². The zero-order chi connectivity index (χ0) is 18.2. The maximum atomic E-state index is 4.29. The molecule has 0 bridgehead atoms. The lowest BCUT2D eigenvalue weighted by Gasteiger charge is -2.15. The fourth-order valence-corrected chi connectivity index (χ4v) is 2.75. The van der Waals surface area contributed by atoms with Crippen molar-refractivity contribution in [3.63, 3.8) is 0 Å². The van der Waals surface area contributed by atoms with Crippen molar-refractivity contribution in [2.45, 2.75) is 26.4 Å². The van der Waals surface area contributed by atoms with Gasteiger partial charge in [-0.15, -0.1) is 10.2 Å². The van der Waals surface area contributed by atoms with Crippen LogP contribution in [-0.2, 0) is 19.5 Å². The van der Waals surface area contributed by atoms with Gasteiger partial charge in [0.2, 0.25) is 0 Å². The zero-order valence-electron chi connectivity index (χ0n) is 15.1. The third-order valence-electron chi connectivity index (χ3n) is 4.10. The number of para-hydroxylation sites is 1. The van der Waals surface area contributed by atoms with Crippen molar-refractivity contribution in [2.24, 2.45) is 4.99 Å². The van der Waals surface area contributed by atoms with Gasteiger partial charge < -0.3 is 19.8 Å². The monoisotopic (exact) mass is 352 g/mol. The quantitative estimate of drug-likeness (QED) is 0.496. The summed E-state index contributed by atoms with van der Waals surface area (Å²) in [6.07, 6.45) is 8.16. The van der Waals surface area contributed by atoms with E-state index in [-0.39, 0.29) is 0 Å².